The second kappa shape index (κ2) is 9.08. The minimum absolute atomic E-state index is 0.251. The Morgan fingerprint density at radius 1 is 1.13 bits per heavy atom. The molecule has 0 spiro atoms. The lowest BCUT2D eigenvalue weighted by molar-refractivity contribution is 0.0956. The van der Waals surface area contributed by atoms with Crippen LogP contribution in [0, 0.1) is 6.92 Å². The van der Waals surface area contributed by atoms with E-state index in [0.29, 0.717) is 9.90 Å². The van der Waals surface area contributed by atoms with E-state index in [9.17, 15) is 4.79 Å². The van der Waals surface area contributed by atoms with Crippen molar-refractivity contribution in [1.29, 1.82) is 0 Å². The Hall–Kier alpha value is -2.54. The van der Waals surface area contributed by atoms with Gasteiger partial charge in [-0.2, -0.15) is 5.10 Å². The highest BCUT2D eigenvalue weighted by atomic mass is 35.5. The van der Waals surface area contributed by atoms with Crippen LogP contribution in [0.5, 0.6) is 0 Å². The number of fused-ring (bicyclic) bond motifs is 1. The van der Waals surface area contributed by atoms with Crippen molar-refractivity contribution in [1.82, 2.24) is 10.4 Å². The van der Waals surface area contributed by atoms with Crippen molar-refractivity contribution in [3.05, 3.63) is 74.3 Å². The average molecular weight is 454 g/mol. The highest BCUT2D eigenvalue weighted by Gasteiger charge is 2.15. The van der Waals surface area contributed by atoms with Crippen molar-refractivity contribution in [3.63, 3.8) is 0 Å². The van der Waals surface area contributed by atoms with Gasteiger partial charge in [0.2, 0.25) is 0 Å². The van der Waals surface area contributed by atoms with Gasteiger partial charge in [-0.25, -0.2) is 10.4 Å². The normalized spacial score (nSPS) is 11.8. The lowest BCUT2D eigenvalue weighted by atomic mass is 10.1. The smallest absolute Gasteiger partial charge is 0.267 e. The SMILES string of the molecule is CCCC(=NNC(=O)c1cc(-c2ccc(C)s2)nc2ccccc12)c1ccc(Cl)s1. The van der Waals surface area contributed by atoms with Gasteiger partial charge in [-0.05, 0) is 49.7 Å². The third-order valence-electron chi connectivity index (χ3n) is 4.59. The number of nitrogens with zero attached hydrogens (tertiary/aromatic N) is 2. The standard InChI is InChI=1S/C23H20ClN3OS2/c1-3-6-18(20-11-12-22(24)30-20)26-27-23(28)16-13-19(21-10-9-14(2)29-21)25-17-8-5-4-7-15(16)17/h4-5,7-13H,3,6H2,1-2H3,(H,27,28). The Labute approximate surface area is 188 Å². The van der Waals surface area contributed by atoms with Crippen molar-refractivity contribution in [2.45, 2.75) is 26.7 Å². The van der Waals surface area contributed by atoms with Gasteiger partial charge in [-0.1, -0.05) is 43.1 Å². The fourth-order valence-electron chi connectivity index (χ4n) is 3.18. The monoisotopic (exact) mass is 453 g/mol. The number of carbonyl (C=O) groups excluding carboxylic acids is 1. The average Bonchev–Trinajstić information content (AvgIpc) is 3.38. The fraction of sp³-hybridized carbons (Fsp3) is 0.174. The van der Waals surface area contributed by atoms with Crippen molar-refractivity contribution in [3.8, 4) is 10.6 Å². The molecule has 0 saturated carbocycles. The summed E-state index contributed by atoms with van der Waals surface area (Å²) in [6, 6.07) is 17.4. The van der Waals surface area contributed by atoms with E-state index in [0.717, 1.165) is 44.9 Å². The molecule has 7 heteroatoms. The van der Waals surface area contributed by atoms with Gasteiger partial charge in [-0.3, -0.25) is 4.79 Å². The maximum atomic E-state index is 13.1. The number of carbonyl (C=O) groups is 1. The number of halogens is 1. The maximum Gasteiger partial charge on any atom is 0.272 e. The van der Waals surface area contributed by atoms with Crippen LogP contribution in [0.4, 0.5) is 0 Å². The molecule has 3 heterocycles. The van der Waals surface area contributed by atoms with Crippen molar-refractivity contribution in [2.75, 3.05) is 0 Å². The topological polar surface area (TPSA) is 54.4 Å². The summed E-state index contributed by atoms with van der Waals surface area (Å²) in [7, 11) is 0. The van der Waals surface area contributed by atoms with E-state index < -0.39 is 0 Å². The van der Waals surface area contributed by atoms with Crippen LogP contribution in [0.3, 0.4) is 0 Å². The molecule has 3 aromatic heterocycles. The fourth-order valence-corrected chi connectivity index (χ4v) is 5.07. The molecule has 0 bridgehead atoms. The summed E-state index contributed by atoms with van der Waals surface area (Å²) >= 11 is 9.20. The predicted molar refractivity (Wildman–Crippen MR) is 128 cm³/mol. The van der Waals surface area contributed by atoms with E-state index >= 15 is 0 Å². The zero-order valence-corrected chi connectivity index (χ0v) is 19.0. The number of rotatable bonds is 6. The summed E-state index contributed by atoms with van der Waals surface area (Å²) < 4.78 is 0.705. The van der Waals surface area contributed by atoms with Crippen LogP contribution in [0.2, 0.25) is 4.34 Å². The number of amides is 1. The van der Waals surface area contributed by atoms with Crippen molar-refractivity contribution in [2.24, 2.45) is 5.10 Å². The third kappa shape index (κ3) is 4.46. The number of thiophene rings is 2. The van der Waals surface area contributed by atoms with Crippen molar-refractivity contribution >= 4 is 56.8 Å². The molecule has 1 amide bonds. The summed E-state index contributed by atoms with van der Waals surface area (Å²) in [5.41, 5.74) is 5.72. The first-order valence-electron chi connectivity index (χ1n) is 9.64. The molecule has 152 valence electrons. The van der Waals surface area contributed by atoms with Crippen LogP contribution < -0.4 is 5.43 Å². The van der Waals surface area contributed by atoms with Crippen molar-refractivity contribution < 1.29 is 4.79 Å². The van der Waals surface area contributed by atoms with Gasteiger partial charge in [-0.15, -0.1) is 22.7 Å². The van der Waals surface area contributed by atoms with Gasteiger partial charge < -0.3 is 0 Å². The minimum Gasteiger partial charge on any atom is -0.267 e. The number of aryl methyl sites for hydroxylation is 1. The number of hydrogen-bond acceptors (Lipinski definition) is 5. The first-order valence-corrected chi connectivity index (χ1v) is 11.7. The molecule has 30 heavy (non-hydrogen) atoms. The Morgan fingerprint density at radius 3 is 2.67 bits per heavy atom. The zero-order valence-electron chi connectivity index (χ0n) is 16.6. The van der Waals surface area contributed by atoms with Crippen LogP contribution in [-0.4, -0.2) is 16.6 Å². The lowest BCUT2D eigenvalue weighted by Gasteiger charge is -2.09. The molecule has 4 aromatic rings. The maximum absolute atomic E-state index is 13.1. The second-order valence-electron chi connectivity index (χ2n) is 6.84. The first-order chi connectivity index (χ1) is 14.5. The lowest BCUT2D eigenvalue weighted by Crippen LogP contribution is -2.20. The molecule has 0 saturated heterocycles. The van der Waals surface area contributed by atoms with E-state index in [1.165, 1.54) is 16.2 Å². The molecule has 0 unspecified atom stereocenters. The highest BCUT2D eigenvalue weighted by molar-refractivity contribution is 7.18. The Bertz CT molecular complexity index is 1240. The summed E-state index contributed by atoms with van der Waals surface area (Å²) in [5.74, 6) is -0.251. The van der Waals surface area contributed by atoms with Crippen LogP contribution in [0.15, 0.2) is 59.7 Å². The molecule has 0 radical (unpaired) electrons. The number of para-hydroxylation sites is 1. The van der Waals surface area contributed by atoms with Gasteiger partial charge in [0, 0.05) is 10.3 Å². The zero-order chi connectivity index (χ0) is 21.1. The molecule has 0 atom stereocenters. The van der Waals surface area contributed by atoms with Gasteiger partial charge in [0.05, 0.1) is 36.6 Å². The van der Waals surface area contributed by atoms with Gasteiger partial charge in [0.1, 0.15) is 0 Å². The third-order valence-corrected chi connectivity index (χ3v) is 6.89. The molecular formula is C23H20ClN3OS2. The minimum atomic E-state index is -0.251. The molecule has 4 rings (SSSR count). The molecule has 0 fully saturated rings. The van der Waals surface area contributed by atoms with Gasteiger partial charge in [0.15, 0.2) is 0 Å². The second-order valence-corrected chi connectivity index (χ2v) is 9.84. The number of hydrogen-bond donors (Lipinski definition) is 1. The number of benzene rings is 1. The molecule has 4 nitrogen and oxygen atoms in total. The predicted octanol–water partition coefficient (Wildman–Crippen LogP) is 6.92. The Balaban J connectivity index is 1.71. The summed E-state index contributed by atoms with van der Waals surface area (Å²) in [6.45, 7) is 4.14. The van der Waals surface area contributed by atoms with Crippen LogP contribution in [-0.2, 0) is 0 Å². The molecular weight excluding hydrogens is 434 g/mol. The first kappa shape index (κ1) is 20.7. The molecule has 1 N–H and O–H groups in total. The molecule has 0 aliphatic carbocycles. The number of pyridine rings is 1. The quantitative estimate of drug-likeness (QED) is 0.254. The van der Waals surface area contributed by atoms with E-state index in [2.05, 4.69) is 30.4 Å². The summed E-state index contributed by atoms with van der Waals surface area (Å²) in [4.78, 5) is 21.1. The summed E-state index contributed by atoms with van der Waals surface area (Å²) in [6.07, 6.45) is 1.68. The summed E-state index contributed by atoms with van der Waals surface area (Å²) in [5, 5.41) is 5.24. The van der Waals surface area contributed by atoms with Crippen LogP contribution in [0.25, 0.3) is 21.5 Å². The molecule has 0 aliphatic rings. The molecule has 1 aromatic carbocycles. The van der Waals surface area contributed by atoms with Gasteiger partial charge >= 0.3 is 0 Å². The Kier molecular flexibility index (Phi) is 6.27. The number of nitrogens with one attached hydrogen (secondary N) is 1. The van der Waals surface area contributed by atoms with Crippen LogP contribution >= 0.6 is 34.3 Å². The van der Waals surface area contributed by atoms with Gasteiger partial charge in [0.25, 0.3) is 5.91 Å². The highest BCUT2D eigenvalue weighted by Crippen LogP contribution is 2.30. The van der Waals surface area contributed by atoms with E-state index in [1.54, 1.807) is 11.3 Å². The number of hydrazone groups is 1. The largest absolute Gasteiger partial charge is 0.272 e. The van der Waals surface area contributed by atoms with E-state index in [-0.39, 0.29) is 5.91 Å². The Morgan fingerprint density at radius 2 is 1.97 bits per heavy atom. The van der Waals surface area contributed by atoms with Crippen LogP contribution in [0.1, 0.15) is 39.9 Å². The van der Waals surface area contributed by atoms with E-state index in [1.807, 2.05) is 48.5 Å². The number of aromatic nitrogens is 1. The van der Waals surface area contributed by atoms with E-state index in [4.69, 9.17) is 16.6 Å². The molecule has 0 aliphatic heterocycles.